The topological polar surface area (TPSA) is 103 Å². The SMILES string of the molecule is CCCCCCCCCCCCCCCCCC(=O)NCC(NC(=O)CCCCCCCCCCCCCCCCC)C(=O)OCCC(C)(CC)OCCC(C)(C)OC. The number of methoxy groups -OCH3 is 1. The molecule has 0 fully saturated rings. The Morgan fingerprint density at radius 2 is 0.864 bits per heavy atom. The van der Waals surface area contributed by atoms with Crippen LogP contribution in [0.2, 0.25) is 0 Å². The zero-order chi connectivity index (χ0) is 43.7. The van der Waals surface area contributed by atoms with Crippen LogP contribution in [-0.2, 0) is 28.6 Å². The summed E-state index contributed by atoms with van der Waals surface area (Å²) in [5.41, 5.74) is -0.715. The highest BCUT2D eigenvalue weighted by Crippen LogP contribution is 2.23. The van der Waals surface area contributed by atoms with Crippen molar-refractivity contribution >= 4 is 17.8 Å². The maximum Gasteiger partial charge on any atom is 0.330 e. The predicted molar refractivity (Wildman–Crippen MR) is 250 cm³/mol. The van der Waals surface area contributed by atoms with Crippen LogP contribution in [0.25, 0.3) is 0 Å². The van der Waals surface area contributed by atoms with Crippen LogP contribution in [0.4, 0.5) is 0 Å². The summed E-state index contributed by atoms with van der Waals surface area (Å²) < 4.78 is 17.5. The Labute approximate surface area is 366 Å². The molecule has 350 valence electrons. The molecule has 0 aliphatic rings. The highest BCUT2D eigenvalue weighted by atomic mass is 16.5. The van der Waals surface area contributed by atoms with Crippen molar-refractivity contribution in [1.29, 1.82) is 0 Å². The molecule has 2 amide bonds. The second-order valence-electron chi connectivity index (χ2n) is 18.6. The summed E-state index contributed by atoms with van der Waals surface area (Å²) in [6.07, 6.45) is 41.1. The van der Waals surface area contributed by atoms with Gasteiger partial charge in [-0.25, -0.2) is 4.79 Å². The van der Waals surface area contributed by atoms with Crippen molar-refractivity contribution in [2.45, 2.75) is 284 Å². The van der Waals surface area contributed by atoms with Gasteiger partial charge in [0.1, 0.15) is 6.04 Å². The minimum absolute atomic E-state index is 0.0364. The Balaban J connectivity index is 4.58. The Bertz CT molecular complexity index is 974. The molecule has 0 aromatic carbocycles. The number of amides is 2. The molecule has 8 heteroatoms. The summed E-state index contributed by atoms with van der Waals surface area (Å²) in [6.45, 7) is 13.5. The van der Waals surface area contributed by atoms with Crippen LogP contribution in [-0.4, -0.2) is 61.9 Å². The maximum absolute atomic E-state index is 13.3. The number of unbranched alkanes of at least 4 members (excludes halogenated alkanes) is 28. The van der Waals surface area contributed by atoms with E-state index in [9.17, 15) is 14.4 Å². The summed E-state index contributed by atoms with van der Waals surface area (Å²) in [5, 5.41) is 5.80. The lowest BCUT2D eigenvalue weighted by atomic mass is 9.99. The Kier molecular flexibility index (Phi) is 39.3. The van der Waals surface area contributed by atoms with Gasteiger partial charge in [-0.3, -0.25) is 9.59 Å². The normalized spacial score (nSPS) is 13.3. The van der Waals surface area contributed by atoms with E-state index < -0.39 is 17.6 Å². The van der Waals surface area contributed by atoms with Gasteiger partial charge in [0, 0.05) is 32.9 Å². The zero-order valence-electron chi connectivity index (χ0n) is 40.4. The first-order valence-corrected chi connectivity index (χ1v) is 25.4. The molecule has 0 bridgehead atoms. The second kappa shape index (κ2) is 40.4. The van der Waals surface area contributed by atoms with Crippen LogP contribution in [0.15, 0.2) is 0 Å². The smallest absolute Gasteiger partial charge is 0.330 e. The molecule has 0 rings (SSSR count). The van der Waals surface area contributed by atoms with E-state index in [1.165, 1.54) is 154 Å². The molecule has 0 heterocycles. The first-order chi connectivity index (χ1) is 28.5. The molecule has 0 aromatic rings. The van der Waals surface area contributed by atoms with Gasteiger partial charge in [0.15, 0.2) is 0 Å². The quantitative estimate of drug-likeness (QED) is 0.0468. The standard InChI is InChI=1S/C51H100N2O6/c1-8-11-13-15-17-19-21-23-25-27-29-31-33-35-37-39-47(54)52-45-46(49(56)58-43-42-51(6,10-3)59-44-41-50(4,5)57-7)53-48(55)40-38-36-34-32-30-28-26-24-22-20-18-16-14-12-9-2/h46H,8-45H2,1-7H3,(H,52,54)(H,53,55). The minimum Gasteiger partial charge on any atom is -0.464 e. The summed E-state index contributed by atoms with van der Waals surface area (Å²) in [4.78, 5) is 39.1. The van der Waals surface area contributed by atoms with Crippen LogP contribution in [0.5, 0.6) is 0 Å². The van der Waals surface area contributed by atoms with E-state index in [4.69, 9.17) is 14.2 Å². The molecule has 0 saturated carbocycles. The monoisotopic (exact) mass is 837 g/mol. The van der Waals surface area contributed by atoms with Crippen LogP contribution >= 0.6 is 0 Å². The molecule has 0 aliphatic heterocycles. The Hall–Kier alpha value is -1.67. The predicted octanol–water partition coefficient (Wildman–Crippen LogP) is 14.0. The van der Waals surface area contributed by atoms with Gasteiger partial charge in [-0.05, 0) is 46.5 Å². The van der Waals surface area contributed by atoms with Crippen LogP contribution in [0.3, 0.4) is 0 Å². The van der Waals surface area contributed by atoms with E-state index in [1.807, 2.05) is 20.8 Å². The largest absolute Gasteiger partial charge is 0.464 e. The number of ether oxygens (including phenoxy) is 3. The molecule has 0 spiro atoms. The van der Waals surface area contributed by atoms with Crippen LogP contribution < -0.4 is 10.6 Å². The first kappa shape index (κ1) is 57.3. The van der Waals surface area contributed by atoms with Gasteiger partial charge in [-0.15, -0.1) is 0 Å². The summed E-state index contributed by atoms with van der Waals surface area (Å²) >= 11 is 0. The molecule has 59 heavy (non-hydrogen) atoms. The molecule has 2 unspecified atom stereocenters. The van der Waals surface area contributed by atoms with Gasteiger partial charge in [0.2, 0.25) is 11.8 Å². The molecule has 2 N–H and O–H groups in total. The number of rotatable bonds is 45. The third kappa shape index (κ3) is 37.8. The average molecular weight is 837 g/mol. The molecule has 0 saturated heterocycles. The lowest BCUT2D eigenvalue weighted by molar-refractivity contribution is -0.150. The molecule has 0 aliphatic carbocycles. The molecule has 0 aromatic heterocycles. The van der Waals surface area contributed by atoms with Gasteiger partial charge in [-0.1, -0.05) is 201 Å². The number of esters is 1. The number of hydrogen-bond donors (Lipinski definition) is 2. The summed E-state index contributed by atoms with van der Waals surface area (Å²) in [7, 11) is 1.71. The Morgan fingerprint density at radius 3 is 1.24 bits per heavy atom. The zero-order valence-corrected chi connectivity index (χ0v) is 40.4. The molecule has 8 nitrogen and oxygen atoms in total. The van der Waals surface area contributed by atoms with Crippen molar-refractivity contribution in [3.05, 3.63) is 0 Å². The van der Waals surface area contributed by atoms with Crippen molar-refractivity contribution in [2.24, 2.45) is 0 Å². The van der Waals surface area contributed by atoms with E-state index in [1.54, 1.807) is 7.11 Å². The molecule has 0 radical (unpaired) electrons. The van der Waals surface area contributed by atoms with Gasteiger partial charge in [-0.2, -0.15) is 0 Å². The molecular formula is C51H100N2O6. The highest BCUT2D eigenvalue weighted by molar-refractivity contribution is 5.85. The van der Waals surface area contributed by atoms with Gasteiger partial charge >= 0.3 is 5.97 Å². The number of nitrogens with one attached hydrogen (secondary N) is 2. The van der Waals surface area contributed by atoms with Gasteiger partial charge in [0.05, 0.1) is 24.4 Å². The van der Waals surface area contributed by atoms with Crippen molar-refractivity contribution in [2.75, 3.05) is 26.9 Å². The van der Waals surface area contributed by atoms with E-state index in [0.29, 0.717) is 25.9 Å². The average Bonchev–Trinajstić information content (AvgIpc) is 3.22. The van der Waals surface area contributed by atoms with Crippen molar-refractivity contribution < 1.29 is 28.6 Å². The fourth-order valence-corrected chi connectivity index (χ4v) is 7.54. The summed E-state index contributed by atoms with van der Waals surface area (Å²) in [5.74, 6) is -0.762. The lowest BCUT2D eigenvalue weighted by Gasteiger charge is -2.31. The maximum atomic E-state index is 13.3. The number of carbonyl (C=O) groups excluding carboxylic acids is 3. The first-order valence-electron chi connectivity index (χ1n) is 25.4. The van der Waals surface area contributed by atoms with E-state index in [-0.39, 0.29) is 30.6 Å². The third-order valence-corrected chi connectivity index (χ3v) is 12.5. The van der Waals surface area contributed by atoms with Gasteiger partial charge in [0.25, 0.3) is 0 Å². The second-order valence-corrected chi connectivity index (χ2v) is 18.6. The summed E-state index contributed by atoms with van der Waals surface area (Å²) in [6, 6.07) is -0.917. The fraction of sp³-hybridized carbons (Fsp3) is 0.941. The minimum atomic E-state index is -0.917. The van der Waals surface area contributed by atoms with Crippen molar-refractivity contribution in [3.63, 3.8) is 0 Å². The van der Waals surface area contributed by atoms with Crippen LogP contribution in [0.1, 0.15) is 266 Å². The van der Waals surface area contributed by atoms with Gasteiger partial charge < -0.3 is 24.8 Å². The van der Waals surface area contributed by atoms with Crippen LogP contribution in [0, 0.1) is 0 Å². The highest BCUT2D eigenvalue weighted by Gasteiger charge is 2.27. The lowest BCUT2D eigenvalue weighted by Crippen LogP contribution is -2.49. The number of hydrogen-bond acceptors (Lipinski definition) is 6. The van der Waals surface area contributed by atoms with E-state index in [2.05, 4.69) is 31.4 Å². The third-order valence-electron chi connectivity index (χ3n) is 12.5. The van der Waals surface area contributed by atoms with E-state index in [0.717, 1.165) is 51.4 Å². The van der Waals surface area contributed by atoms with Crippen molar-refractivity contribution in [1.82, 2.24) is 10.6 Å². The van der Waals surface area contributed by atoms with Crippen molar-refractivity contribution in [3.8, 4) is 0 Å². The molecular weight excluding hydrogens is 737 g/mol. The number of carbonyl (C=O) groups is 3. The van der Waals surface area contributed by atoms with E-state index >= 15 is 0 Å². The Morgan fingerprint density at radius 1 is 0.492 bits per heavy atom. The molecule has 2 atom stereocenters. The fourth-order valence-electron chi connectivity index (χ4n) is 7.54.